The van der Waals surface area contributed by atoms with E-state index in [1.54, 1.807) is 14.2 Å². The zero-order chi connectivity index (χ0) is 28.1. The maximum Gasteiger partial charge on any atom is 0.223 e. The summed E-state index contributed by atoms with van der Waals surface area (Å²) in [4.78, 5) is 13.1. The molecule has 0 saturated carbocycles. The lowest BCUT2D eigenvalue weighted by Gasteiger charge is -2.31. The summed E-state index contributed by atoms with van der Waals surface area (Å²) in [6.45, 7) is 11.2. The highest BCUT2D eigenvalue weighted by Crippen LogP contribution is 2.29. The van der Waals surface area contributed by atoms with E-state index in [0.717, 1.165) is 70.4 Å². The number of hydrogen-bond acceptors (Lipinski definition) is 6. The van der Waals surface area contributed by atoms with Crippen LogP contribution in [0.5, 0.6) is 5.75 Å². The molecule has 1 aromatic carbocycles. The van der Waals surface area contributed by atoms with Crippen LogP contribution in [0.1, 0.15) is 77.3 Å². The second-order valence-corrected chi connectivity index (χ2v) is 11.9. The van der Waals surface area contributed by atoms with Crippen molar-refractivity contribution in [3.63, 3.8) is 0 Å². The fourth-order valence-electron chi connectivity index (χ4n) is 5.51. The summed E-state index contributed by atoms with van der Waals surface area (Å²) in [6, 6.07) is 6.33. The third-order valence-electron chi connectivity index (χ3n) is 8.22. The molecule has 1 unspecified atom stereocenters. The smallest absolute Gasteiger partial charge is 0.223 e. The molecule has 38 heavy (non-hydrogen) atoms. The maximum atomic E-state index is 13.1. The van der Waals surface area contributed by atoms with Gasteiger partial charge in [0.25, 0.3) is 0 Å². The Balaban J connectivity index is 2.00. The molecule has 1 heterocycles. The average molecular weight is 534 g/mol. The monoisotopic (exact) mass is 533 g/mol. The highest BCUT2D eigenvalue weighted by Gasteiger charge is 2.31. The molecule has 1 aromatic rings. The Kier molecular flexibility index (Phi) is 14.7. The lowest BCUT2D eigenvalue weighted by molar-refractivity contribution is -0.128. The fraction of sp³-hybridized carbons (Fsp3) is 0.774. The van der Waals surface area contributed by atoms with Gasteiger partial charge >= 0.3 is 0 Å². The number of aryl methyl sites for hydroxylation is 1. The van der Waals surface area contributed by atoms with E-state index in [2.05, 4.69) is 56.5 Å². The van der Waals surface area contributed by atoms with Crippen LogP contribution in [-0.2, 0) is 22.4 Å². The third-order valence-corrected chi connectivity index (χ3v) is 8.22. The summed E-state index contributed by atoms with van der Waals surface area (Å²) in [5, 5.41) is 17.7. The molecule has 5 N–H and O–H groups in total. The van der Waals surface area contributed by atoms with Gasteiger partial charge in [-0.25, -0.2) is 0 Å². The van der Waals surface area contributed by atoms with Crippen LogP contribution in [0.2, 0.25) is 0 Å². The van der Waals surface area contributed by atoms with Gasteiger partial charge in [-0.1, -0.05) is 39.8 Å². The van der Waals surface area contributed by atoms with Gasteiger partial charge in [-0.15, -0.1) is 0 Å². The van der Waals surface area contributed by atoms with E-state index in [0.29, 0.717) is 18.3 Å². The molecule has 4 atom stereocenters. The van der Waals surface area contributed by atoms with Gasteiger partial charge in [0.2, 0.25) is 5.91 Å². The van der Waals surface area contributed by atoms with Gasteiger partial charge in [0, 0.05) is 31.7 Å². The zero-order valence-electron chi connectivity index (χ0n) is 24.8. The van der Waals surface area contributed by atoms with Crippen molar-refractivity contribution in [1.82, 2.24) is 10.6 Å². The highest BCUT2D eigenvalue weighted by atomic mass is 16.5. The number of hydrogen-bond donors (Lipinski definition) is 4. The molecule has 1 aliphatic heterocycles. The topological polar surface area (TPSA) is 106 Å². The number of amides is 1. The third kappa shape index (κ3) is 10.8. The Labute approximate surface area is 231 Å². The molecule has 0 spiro atoms. The van der Waals surface area contributed by atoms with Crippen molar-refractivity contribution in [3.05, 3.63) is 29.3 Å². The van der Waals surface area contributed by atoms with Crippen LogP contribution >= 0.6 is 0 Å². The predicted molar refractivity (Wildman–Crippen MR) is 155 cm³/mol. The number of unbranched alkanes of at least 4 members (excludes halogenated alkanes) is 1. The van der Waals surface area contributed by atoms with Gasteiger partial charge in [-0.05, 0) is 99.4 Å². The van der Waals surface area contributed by atoms with E-state index in [9.17, 15) is 9.90 Å². The standard InChI is InChI=1S/C31H55N3O4/c1-21(2)25(18-23-10-11-30(38-6)24(17-23)9-7-8-16-37-5)19-28(32)29(35)20-27(22(3)4)31(36)34-26-12-14-33-15-13-26/h10-11,17,21-22,25-29,33,35H,7-9,12-16,18-20,32H2,1-6H3,(H,34,36)/t25?,27-,28-,29-/m0/s1. The number of methoxy groups -OCH3 is 2. The van der Waals surface area contributed by atoms with Crippen molar-refractivity contribution in [2.75, 3.05) is 33.9 Å². The molecule has 0 aromatic heterocycles. The van der Waals surface area contributed by atoms with Crippen LogP contribution < -0.4 is 21.1 Å². The van der Waals surface area contributed by atoms with Gasteiger partial charge in [-0.2, -0.15) is 0 Å². The van der Waals surface area contributed by atoms with Crippen LogP contribution in [0.25, 0.3) is 0 Å². The number of rotatable bonds is 17. The lowest BCUT2D eigenvalue weighted by atomic mass is 9.80. The molecule has 218 valence electrons. The van der Waals surface area contributed by atoms with Crippen LogP contribution in [0.3, 0.4) is 0 Å². The number of aliphatic hydroxyl groups excluding tert-OH is 1. The molecule has 7 heteroatoms. The number of carbonyl (C=O) groups excluding carboxylic acids is 1. The molecular formula is C31H55N3O4. The Morgan fingerprint density at radius 2 is 1.82 bits per heavy atom. The first kappa shape index (κ1) is 32.5. The minimum absolute atomic E-state index is 0.0508. The zero-order valence-corrected chi connectivity index (χ0v) is 24.8. The summed E-state index contributed by atoms with van der Waals surface area (Å²) in [7, 11) is 3.46. The molecule has 1 saturated heterocycles. The first-order valence-corrected chi connectivity index (χ1v) is 14.8. The summed E-state index contributed by atoms with van der Waals surface area (Å²) in [5.74, 6) is 1.63. The van der Waals surface area contributed by atoms with Gasteiger partial charge in [0.1, 0.15) is 5.75 Å². The molecule has 2 rings (SSSR count). The summed E-state index contributed by atoms with van der Waals surface area (Å²) >= 11 is 0. The summed E-state index contributed by atoms with van der Waals surface area (Å²) < 4.78 is 10.8. The van der Waals surface area contributed by atoms with E-state index >= 15 is 0 Å². The van der Waals surface area contributed by atoms with E-state index in [1.807, 2.05) is 0 Å². The Hall–Kier alpha value is -1.67. The second-order valence-electron chi connectivity index (χ2n) is 11.9. The van der Waals surface area contributed by atoms with Crippen molar-refractivity contribution in [2.24, 2.45) is 29.4 Å². The fourth-order valence-corrected chi connectivity index (χ4v) is 5.51. The Morgan fingerprint density at radius 1 is 1.11 bits per heavy atom. The Bertz CT molecular complexity index is 810. The minimum Gasteiger partial charge on any atom is -0.496 e. The molecule has 1 aliphatic rings. The number of nitrogens with two attached hydrogens (primary N) is 1. The first-order chi connectivity index (χ1) is 18.2. The number of aliphatic hydroxyl groups is 1. The molecule has 1 amide bonds. The van der Waals surface area contributed by atoms with Gasteiger partial charge < -0.3 is 30.9 Å². The molecule has 7 nitrogen and oxygen atoms in total. The molecular weight excluding hydrogens is 478 g/mol. The van der Waals surface area contributed by atoms with E-state index in [-0.39, 0.29) is 29.8 Å². The van der Waals surface area contributed by atoms with Crippen LogP contribution in [0.15, 0.2) is 18.2 Å². The van der Waals surface area contributed by atoms with Crippen LogP contribution in [0.4, 0.5) is 0 Å². The lowest BCUT2D eigenvalue weighted by Crippen LogP contribution is -2.47. The number of nitrogens with one attached hydrogen (secondary N) is 2. The number of carbonyl (C=O) groups is 1. The number of benzene rings is 1. The first-order valence-electron chi connectivity index (χ1n) is 14.8. The van der Waals surface area contributed by atoms with Crippen molar-refractivity contribution in [2.45, 2.75) is 97.2 Å². The normalized spacial score (nSPS) is 17.8. The SMILES string of the molecule is COCCCCc1cc(CC(C[C@H](N)[C@@H](O)C[C@H](C(=O)NC2CCNCC2)C(C)C)C(C)C)ccc1OC. The Morgan fingerprint density at radius 3 is 2.42 bits per heavy atom. The maximum absolute atomic E-state index is 13.1. The van der Waals surface area contributed by atoms with Crippen molar-refractivity contribution in [1.29, 1.82) is 0 Å². The van der Waals surface area contributed by atoms with E-state index in [4.69, 9.17) is 15.2 Å². The number of ether oxygens (including phenoxy) is 2. The molecule has 0 bridgehead atoms. The van der Waals surface area contributed by atoms with Crippen molar-refractivity contribution < 1.29 is 19.4 Å². The largest absolute Gasteiger partial charge is 0.496 e. The number of piperidine rings is 1. The van der Waals surface area contributed by atoms with Crippen LogP contribution in [-0.4, -0.2) is 63.1 Å². The summed E-state index contributed by atoms with van der Waals surface area (Å²) in [6.07, 6.45) is 6.25. The molecule has 0 radical (unpaired) electrons. The van der Waals surface area contributed by atoms with E-state index < -0.39 is 6.10 Å². The minimum atomic E-state index is -0.713. The van der Waals surface area contributed by atoms with E-state index in [1.165, 1.54) is 11.1 Å². The predicted octanol–water partition coefficient (Wildman–Crippen LogP) is 4.09. The van der Waals surface area contributed by atoms with Crippen molar-refractivity contribution >= 4 is 5.91 Å². The highest BCUT2D eigenvalue weighted by molar-refractivity contribution is 5.79. The quantitative estimate of drug-likeness (QED) is 0.225. The average Bonchev–Trinajstić information content (AvgIpc) is 2.89. The molecule has 1 fully saturated rings. The second kappa shape index (κ2) is 17.1. The van der Waals surface area contributed by atoms with Crippen LogP contribution in [0, 0.1) is 23.7 Å². The summed E-state index contributed by atoms with van der Waals surface area (Å²) in [5.41, 5.74) is 9.09. The van der Waals surface area contributed by atoms with Gasteiger partial charge in [0.15, 0.2) is 0 Å². The molecule has 0 aliphatic carbocycles. The van der Waals surface area contributed by atoms with Gasteiger partial charge in [-0.3, -0.25) is 4.79 Å². The van der Waals surface area contributed by atoms with Gasteiger partial charge in [0.05, 0.1) is 13.2 Å². The van der Waals surface area contributed by atoms with Crippen molar-refractivity contribution in [3.8, 4) is 5.75 Å².